The number of carbonyl (C=O) groups is 1. The van der Waals surface area contributed by atoms with Crippen molar-refractivity contribution >= 4 is 11.8 Å². The Morgan fingerprint density at radius 1 is 1.41 bits per heavy atom. The molecule has 0 unspecified atom stereocenters. The minimum Gasteiger partial charge on any atom is -0.481 e. The minimum atomic E-state index is -0.777. The molecule has 1 saturated heterocycles. The van der Waals surface area contributed by atoms with Gasteiger partial charge < -0.3 is 19.5 Å². The minimum absolute atomic E-state index is 0.414. The number of aliphatic carboxylic acids is 1. The molecule has 7 heteroatoms. The van der Waals surface area contributed by atoms with Crippen molar-refractivity contribution in [1.29, 1.82) is 0 Å². The van der Waals surface area contributed by atoms with Gasteiger partial charge in [0.25, 0.3) is 0 Å². The maximum atomic E-state index is 11.8. The van der Waals surface area contributed by atoms with Gasteiger partial charge in [-0.05, 0) is 19.3 Å². The Hall–Kier alpha value is -1.73. The van der Waals surface area contributed by atoms with Gasteiger partial charge >= 0.3 is 5.97 Å². The number of nitrogens with zero attached hydrogens (tertiary/aromatic N) is 3. The number of anilines is 1. The molecule has 1 aliphatic rings. The van der Waals surface area contributed by atoms with E-state index in [1.807, 2.05) is 11.0 Å². The van der Waals surface area contributed by atoms with E-state index in [0.717, 1.165) is 24.5 Å². The van der Waals surface area contributed by atoms with E-state index < -0.39 is 11.4 Å². The van der Waals surface area contributed by atoms with Crippen molar-refractivity contribution in [3.8, 4) is 0 Å². The van der Waals surface area contributed by atoms with Crippen LogP contribution in [0.3, 0.4) is 0 Å². The predicted octanol–water partition coefficient (Wildman–Crippen LogP) is 1.33. The molecule has 1 aromatic heterocycles. The Labute approximate surface area is 130 Å². The van der Waals surface area contributed by atoms with E-state index >= 15 is 0 Å². The van der Waals surface area contributed by atoms with E-state index in [4.69, 9.17) is 9.47 Å². The van der Waals surface area contributed by atoms with Crippen LogP contribution >= 0.6 is 0 Å². The third kappa shape index (κ3) is 3.72. The summed E-state index contributed by atoms with van der Waals surface area (Å²) in [6.07, 6.45) is 3.49. The van der Waals surface area contributed by atoms with Crippen molar-refractivity contribution in [2.75, 3.05) is 38.8 Å². The fourth-order valence-electron chi connectivity index (χ4n) is 2.90. The number of hydrogen-bond acceptors (Lipinski definition) is 6. The SMILES string of the molecule is COCC[C@]1(C(=O)O)CCCN(c2cc(COC)ncn2)C1. The maximum absolute atomic E-state index is 11.8. The van der Waals surface area contributed by atoms with Gasteiger partial charge in [0.15, 0.2) is 0 Å². The predicted molar refractivity (Wildman–Crippen MR) is 80.8 cm³/mol. The van der Waals surface area contributed by atoms with E-state index in [-0.39, 0.29) is 0 Å². The number of methoxy groups -OCH3 is 2. The van der Waals surface area contributed by atoms with Crippen LogP contribution in [0.4, 0.5) is 5.82 Å². The van der Waals surface area contributed by atoms with Gasteiger partial charge in [0.05, 0.1) is 17.7 Å². The van der Waals surface area contributed by atoms with Gasteiger partial charge in [-0.3, -0.25) is 4.79 Å². The number of rotatable bonds is 7. The average molecular weight is 309 g/mol. The first-order valence-corrected chi connectivity index (χ1v) is 7.38. The van der Waals surface area contributed by atoms with Crippen LogP contribution in [0.5, 0.6) is 0 Å². The van der Waals surface area contributed by atoms with Crippen molar-refractivity contribution in [2.24, 2.45) is 5.41 Å². The zero-order chi connectivity index (χ0) is 16.0. The van der Waals surface area contributed by atoms with Crippen LogP contribution in [0.2, 0.25) is 0 Å². The first-order chi connectivity index (χ1) is 10.6. The summed E-state index contributed by atoms with van der Waals surface area (Å²) in [5.74, 6) is -0.00906. The normalized spacial score (nSPS) is 21.8. The first kappa shape index (κ1) is 16.6. The molecule has 0 aromatic carbocycles. The molecule has 122 valence electrons. The Balaban J connectivity index is 2.18. The summed E-state index contributed by atoms with van der Waals surface area (Å²) in [6.45, 7) is 2.09. The quantitative estimate of drug-likeness (QED) is 0.813. The largest absolute Gasteiger partial charge is 0.481 e. The molecule has 1 fully saturated rings. The molecule has 0 radical (unpaired) electrons. The first-order valence-electron chi connectivity index (χ1n) is 7.38. The summed E-state index contributed by atoms with van der Waals surface area (Å²) in [5, 5.41) is 9.68. The molecule has 7 nitrogen and oxygen atoms in total. The molecule has 22 heavy (non-hydrogen) atoms. The van der Waals surface area contributed by atoms with Gasteiger partial charge in [-0.1, -0.05) is 0 Å². The number of carboxylic acid groups (broad SMARTS) is 1. The Bertz CT molecular complexity index is 511. The van der Waals surface area contributed by atoms with Crippen LogP contribution in [0, 0.1) is 5.41 Å². The van der Waals surface area contributed by atoms with Gasteiger partial charge in [0, 0.05) is 40.0 Å². The number of hydrogen-bond donors (Lipinski definition) is 1. The van der Waals surface area contributed by atoms with E-state index in [1.165, 1.54) is 6.33 Å². The van der Waals surface area contributed by atoms with E-state index in [0.29, 0.717) is 32.6 Å². The second-order valence-electron chi connectivity index (χ2n) is 5.65. The Morgan fingerprint density at radius 2 is 2.23 bits per heavy atom. The lowest BCUT2D eigenvalue weighted by Gasteiger charge is -2.40. The van der Waals surface area contributed by atoms with Crippen molar-refractivity contribution in [1.82, 2.24) is 9.97 Å². The second-order valence-corrected chi connectivity index (χ2v) is 5.65. The summed E-state index contributed by atoms with van der Waals surface area (Å²) in [7, 11) is 3.21. The highest BCUT2D eigenvalue weighted by Crippen LogP contribution is 2.35. The maximum Gasteiger partial charge on any atom is 0.311 e. The Morgan fingerprint density at radius 3 is 2.91 bits per heavy atom. The fraction of sp³-hybridized carbons (Fsp3) is 0.667. The summed E-state index contributed by atoms with van der Waals surface area (Å²) in [4.78, 5) is 22.2. The number of ether oxygens (including phenoxy) is 2. The van der Waals surface area contributed by atoms with E-state index in [2.05, 4.69) is 9.97 Å². The van der Waals surface area contributed by atoms with Crippen molar-refractivity contribution < 1.29 is 19.4 Å². The third-order valence-corrected chi connectivity index (χ3v) is 4.14. The van der Waals surface area contributed by atoms with Gasteiger partial charge in [-0.25, -0.2) is 9.97 Å². The van der Waals surface area contributed by atoms with Crippen LogP contribution in [0.1, 0.15) is 25.0 Å². The zero-order valence-corrected chi connectivity index (χ0v) is 13.1. The highest BCUT2D eigenvalue weighted by atomic mass is 16.5. The van der Waals surface area contributed by atoms with Crippen LogP contribution in [0.25, 0.3) is 0 Å². The van der Waals surface area contributed by atoms with Gasteiger partial charge in [0.2, 0.25) is 0 Å². The van der Waals surface area contributed by atoms with Gasteiger partial charge in [-0.15, -0.1) is 0 Å². The number of piperidine rings is 1. The monoisotopic (exact) mass is 309 g/mol. The summed E-state index contributed by atoms with van der Waals surface area (Å²) in [6, 6.07) is 1.86. The van der Waals surface area contributed by atoms with Crippen molar-refractivity contribution in [3.63, 3.8) is 0 Å². The van der Waals surface area contributed by atoms with Crippen LogP contribution < -0.4 is 4.90 Å². The highest BCUT2D eigenvalue weighted by molar-refractivity contribution is 5.76. The molecule has 1 atom stereocenters. The standard InChI is InChI=1S/C15H23N3O4/c1-21-7-5-15(14(19)20)4-3-6-18(10-15)13-8-12(9-22-2)16-11-17-13/h8,11H,3-7,9-10H2,1-2H3,(H,19,20)/t15-/m1/s1. The van der Waals surface area contributed by atoms with Crippen LogP contribution in [0.15, 0.2) is 12.4 Å². The fourth-order valence-corrected chi connectivity index (χ4v) is 2.90. The van der Waals surface area contributed by atoms with Gasteiger partial charge in [-0.2, -0.15) is 0 Å². The molecule has 1 aromatic rings. The van der Waals surface area contributed by atoms with Crippen molar-refractivity contribution in [2.45, 2.75) is 25.9 Å². The Kier molecular flexibility index (Phi) is 5.68. The lowest BCUT2D eigenvalue weighted by atomic mass is 9.77. The smallest absolute Gasteiger partial charge is 0.311 e. The molecule has 0 saturated carbocycles. The molecule has 1 aliphatic heterocycles. The molecule has 2 rings (SSSR count). The summed E-state index contributed by atoms with van der Waals surface area (Å²) >= 11 is 0. The highest BCUT2D eigenvalue weighted by Gasteiger charge is 2.42. The van der Waals surface area contributed by atoms with E-state index in [9.17, 15) is 9.90 Å². The van der Waals surface area contributed by atoms with Gasteiger partial charge in [0.1, 0.15) is 12.1 Å². The second kappa shape index (κ2) is 7.51. The van der Waals surface area contributed by atoms with E-state index in [1.54, 1.807) is 14.2 Å². The lowest BCUT2D eigenvalue weighted by molar-refractivity contribution is -0.150. The molecular weight excluding hydrogens is 286 g/mol. The van der Waals surface area contributed by atoms with Crippen LogP contribution in [-0.4, -0.2) is 55.0 Å². The lowest BCUT2D eigenvalue weighted by Crippen LogP contribution is -2.48. The molecule has 1 N–H and O–H groups in total. The number of carboxylic acids is 1. The molecule has 2 heterocycles. The average Bonchev–Trinajstić information content (AvgIpc) is 2.53. The topological polar surface area (TPSA) is 84.8 Å². The molecule has 0 aliphatic carbocycles. The third-order valence-electron chi connectivity index (χ3n) is 4.14. The molecule has 0 amide bonds. The summed E-state index contributed by atoms with van der Waals surface area (Å²) in [5.41, 5.74) is 0.0107. The van der Waals surface area contributed by atoms with Crippen molar-refractivity contribution in [3.05, 3.63) is 18.1 Å². The molecule has 0 bridgehead atoms. The molecular formula is C15H23N3O4. The summed E-state index contributed by atoms with van der Waals surface area (Å²) < 4.78 is 10.2. The molecule has 0 spiro atoms. The van der Waals surface area contributed by atoms with Crippen LogP contribution in [-0.2, 0) is 20.9 Å². The number of aromatic nitrogens is 2. The zero-order valence-electron chi connectivity index (χ0n) is 13.1.